The summed E-state index contributed by atoms with van der Waals surface area (Å²) in [6.07, 6.45) is 16.8. The van der Waals surface area contributed by atoms with Gasteiger partial charge in [0.2, 0.25) is 0 Å². The van der Waals surface area contributed by atoms with Crippen molar-refractivity contribution >= 4 is 0 Å². The first-order valence-electron chi connectivity index (χ1n) is 9.12. The van der Waals surface area contributed by atoms with Crippen LogP contribution in [0.5, 0.6) is 0 Å². The third-order valence-electron chi connectivity index (χ3n) is 4.01. The summed E-state index contributed by atoms with van der Waals surface area (Å²) in [6, 6.07) is 0. The molecular formula is C19H34O2. The zero-order valence-electron chi connectivity index (χ0n) is 14.0. The van der Waals surface area contributed by atoms with Crippen LogP contribution in [0.3, 0.4) is 0 Å². The normalized spacial score (nSPS) is 18.2. The largest absolute Gasteiger partial charge is 0.353 e. The highest BCUT2D eigenvalue weighted by molar-refractivity contribution is 4.98. The van der Waals surface area contributed by atoms with Crippen LogP contribution < -0.4 is 0 Å². The molecule has 1 saturated heterocycles. The molecule has 2 nitrogen and oxygen atoms in total. The Hall–Kier alpha value is -0.520. The van der Waals surface area contributed by atoms with Gasteiger partial charge in [-0.2, -0.15) is 0 Å². The molecule has 21 heavy (non-hydrogen) atoms. The van der Waals surface area contributed by atoms with Gasteiger partial charge in [0.1, 0.15) is 6.61 Å². The minimum Gasteiger partial charge on any atom is -0.353 e. The predicted octanol–water partition coefficient (Wildman–Crippen LogP) is 5.45. The van der Waals surface area contributed by atoms with Crippen molar-refractivity contribution in [1.29, 1.82) is 0 Å². The lowest BCUT2D eigenvalue weighted by Gasteiger charge is -2.21. The van der Waals surface area contributed by atoms with E-state index in [1.54, 1.807) is 0 Å². The van der Waals surface area contributed by atoms with Gasteiger partial charge in [-0.3, -0.25) is 0 Å². The Labute approximate surface area is 132 Å². The molecule has 0 amide bonds. The van der Waals surface area contributed by atoms with E-state index < -0.39 is 0 Å². The highest BCUT2D eigenvalue weighted by Gasteiger charge is 2.12. The SMILES string of the molecule is CCCCCCCCCCCC#CCOC1CCCCO1. The van der Waals surface area contributed by atoms with E-state index in [-0.39, 0.29) is 6.29 Å². The predicted molar refractivity (Wildman–Crippen MR) is 89.2 cm³/mol. The maximum absolute atomic E-state index is 5.58. The van der Waals surface area contributed by atoms with Crippen molar-refractivity contribution < 1.29 is 9.47 Å². The van der Waals surface area contributed by atoms with Crippen molar-refractivity contribution in [2.75, 3.05) is 13.2 Å². The van der Waals surface area contributed by atoms with E-state index in [0.717, 1.165) is 19.4 Å². The summed E-state index contributed by atoms with van der Waals surface area (Å²) in [5, 5.41) is 0. The van der Waals surface area contributed by atoms with Crippen LogP contribution in [0.1, 0.15) is 90.4 Å². The number of hydrogen-bond donors (Lipinski definition) is 0. The third kappa shape index (κ3) is 11.8. The molecule has 122 valence electrons. The molecule has 0 aromatic heterocycles. The average molecular weight is 294 g/mol. The van der Waals surface area contributed by atoms with Gasteiger partial charge in [-0.25, -0.2) is 0 Å². The van der Waals surface area contributed by atoms with Crippen molar-refractivity contribution in [1.82, 2.24) is 0 Å². The zero-order valence-corrected chi connectivity index (χ0v) is 14.0. The van der Waals surface area contributed by atoms with Gasteiger partial charge < -0.3 is 9.47 Å². The molecule has 1 aliphatic heterocycles. The number of ether oxygens (including phenoxy) is 2. The maximum Gasteiger partial charge on any atom is 0.158 e. The Balaban J connectivity index is 1.78. The van der Waals surface area contributed by atoms with Gasteiger partial charge in [0.05, 0.1) is 0 Å². The molecule has 1 heterocycles. The Kier molecular flexibility index (Phi) is 12.7. The van der Waals surface area contributed by atoms with E-state index >= 15 is 0 Å². The molecule has 0 spiro atoms. The first-order valence-corrected chi connectivity index (χ1v) is 9.12. The van der Waals surface area contributed by atoms with E-state index in [9.17, 15) is 0 Å². The summed E-state index contributed by atoms with van der Waals surface area (Å²) in [5.74, 6) is 6.32. The van der Waals surface area contributed by atoms with Gasteiger partial charge >= 0.3 is 0 Å². The smallest absolute Gasteiger partial charge is 0.158 e. The topological polar surface area (TPSA) is 18.5 Å². The first kappa shape index (κ1) is 18.5. The Morgan fingerprint density at radius 1 is 0.905 bits per heavy atom. The Morgan fingerprint density at radius 3 is 2.29 bits per heavy atom. The van der Waals surface area contributed by atoms with E-state index in [1.807, 2.05) is 0 Å². The standard InChI is InChI=1S/C19H34O2/c1-2-3-4-5-6-7-8-9-10-11-12-14-17-20-19-16-13-15-18-21-19/h19H,2-11,13,15-18H2,1H3. The second-order valence-corrected chi connectivity index (χ2v) is 6.04. The molecule has 1 aliphatic rings. The lowest BCUT2D eigenvalue weighted by molar-refractivity contribution is -0.154. The van der Waals surface area contributed by atoms with Gasteiger partial charge in [0.25, 0.3) is 0 Å². The van der Waals surface area contributed by atoms with Crippen LogP contribution in [-0.4, -0.2) is 19.5 Å². The summed E-state index contributed by atoms with van der Waals surface area (Å²) in [5.41, 5.74) is 0. The van der Waals surface area contributed by atoms with Gasteiger partial charge in [0.15, 0.2) is 6.29 Å². The monoisotopic (exact) mass is 294 g/mol. The Bertz CT molecular complexity index is 271. The van der Waals surface area contributed by atoms with E-state index in [4.69, 9.17) is 9.47 Å². The average Bonchev–Trinajstić information content (AvgIpc) is 2.53. The van der Waals surface area contributed by atoms with Crippen LogP contribution in [-0.2, 0) is 9.47 Å². The summed E-state index contributed by atoms with van der Waals surface area (Å²) in [7, 11) is 0. The van der Waals surface area contributed by atoms with E-state index in [2.05, 4.69) is 18.8 Å². The Morgan fingerprint density at radius 2 is 1.62 bits per heavy atom. The molecule has 0 radical (unpaired) electrons. The minimum absolute atomic E-state index is 0.000702. The highest BCUT2D eigenvalue weighted by Crippen LogP contribution is 2.13. The first-order chi connectivity index (χ1) is 10.4. The maximum atomic E-state index is 5.58. The number of unbranched alkanes of at least 4 members (excludes halogenated alkanes) is 9. The van der Waals surface area contributed by atoms with Crippen LogP contribution >= 0.6 is 0 Å². The van der Waals surface area contributed by atoms with Crippen LogP contribution in [0.15, 0.2) is 0 Å². The lowest BCUT2D eigenvalue weighted by atomic mass is 10.1. The van der Waals surface area contributed by atoms with Crippen LogP contribution in [0.25, 0.3) is 0 Å². The minimum atomic E-state index is 0.000702. The third-order valence-corrected chi connectivity index (χ3v) is 4.01. The highest BCUT2D eigenvalue weighted by atomic mass is 16.7. The van der Waals surface area contributed by atoms with Crippen molar-refractivity contribution in [2.45, 2.75) is 96.7 Å². The van der Waals surface area contributed by atoms with Crippen LogP contribution in [0.2, 0.25) is 0 Å². The molecule has 0 bridgehead atoms. The molecule has 0 aromatic rings. The van der Waals surface area contributed by atoms with Crippen molar-refractivity contribution in [3.8, 4) is 11.8 Å². The molecule has 0 N–H and O–H groups in total. The fourth-order valence-electron chi connectivity index (χ4n) is 2.64. The number of hydrogen-bond acceptors (Lipinski definition) is 2. The van der Waals surface area contributed by atoms with Crippen LogP contribution in [0, 0.1) is 11.8 Å². The molecule has 0 aromatic carbocycles. The lowest BCUT2D eigenvalue weighted by Crippen LogP contribution is -2.22. The number of rotatable bonds is 11. The van der Waals surface area contributed by atoms with Crippen molar-refractivity contribution in [2.24, 2.45) is 0 Å². The molecule has 0 saturated carbocycles. The summed E-state index contributed by atoms with van der Waals surface area (Å²) in [4.78, 5) is 0. The second-order valence-electron chi connectivity index (χ2n) is 6.04. The van der Waals surface area contributed by atoms with Crippen molar-refractivity contribution in [3.05, 3.63) is 0 Å². The second kappa shape index (κ2) is 14.4. The fourth-order valence-corrected chi connectivity index (χ4v) is 2.64. The zero-order chi connectivity index (χ0) is 15.0. The molecule has 1 atom stereocenters. The quantitative estimate of drug-likeness (QED) is 0.372. The molecular weight excluding hydrogens is 260 g/mol. The fraction of sp³-hybridized carbons (Fsp3) is 0.895. The summed E-state index contributed by atoms with van der Waals surface area (Å²) in [6.45, 7) is 3.65. The van der Waals surface area contributed by atoms with Crippen LogP contribution in [0.4, 0.5) is 0 Å². The van der Waals surface area contributed by atoms with Gasteiger partial charge in [-0.1, -0.05) is 64.2 Å². The summed E-state index contributed by atoms with van der Waals surface area (Å²) < 4.78 is 11.1. The van der Waals surface area contributed by atoms with E-state index in [0.29, 0.717) is 6.61 Å². The van der Waals surface area contributed by atoms with Crippen molar-refractivity contribution in [3.63, 3.8) is 0 Å². The van der Waals surface area contributed by atoms with Gasteiger partial charge in [-0.05, 0) is 25.7 Å². The summed E-state index contributed by atoms with van der Waals surface area (Å²) >= 11 is 0. The molecule has 0 aliphatic carbocycles. The molecule has 1 unspecified atom stereocenters. The molecule has 2 heteroatoms. The van der Waals surface area contributed by atoms with E-state index in [1.165, 1.54) is 70.6 Å². The molecule has 1 fully saturated rings. The van der Waals surface area contributed by atoms with Gasteiger partial charge in [-0.15, -0.1) is 5.92 Å². The van der Waals surface area contributed by atoms with Gasteiger partial charge in [0, 0.05) is 13.0 Å². The molecule has 1 rings (SSSR count).